The molecule has 0 fully saturated rings. The summed E-state index contributed by atoms with van der Waals surface area (Å²) in [4.78, 5) is 11.8. The quantitative estimate of drug-likeness (QED) is 0.875. The lowest BCUT2D eigenvalue weighted by Gasteiger charge is -2.12. The number of hydrogen-bond donors (Lipinski definition) is 1. The third-order valence-corrected chi connectivity index (χ3v) is 2.51. The van der Waals surface area contributed by atoms with Gasteiger partial charge in [-0.2, -0.15) is 5.10 Å². The Morgan fingerprint density at radius 1 is 1.35 bits per heavy atom. The van der Waals surface area contributed by atoms with Crippen LogP contribution in [0, 0.1) is 0 Å². The number of para-hydroxylation sites is 1. The molecule has 2 aromatic rings. The molecule has 17 heavy (non-hydrogen) atoms. The summed E-state index contributed by atoms with van der Waals surface area (Å²) in [5.41, 5.74) is 0.824. The van der Waals surface area contributed by atoms with Gasteiger partial charge in [-0.25, -0.2) is 0 Å². The van der Waals surface area contributed by atoms with Crippen molar-refractivity contribution in [2.75, 3.05) is 5.32 Å². The smallest absolute Gasteiger partial charge is 0.226 e. The highest BCUT2D eigenvalue weighted by Gasteiger charge is 2.10. The van der Waals surface area contributed by atoms with Crippen molar-refractivity contribution in [3.63, 3.8) is 0 Å². The normalized spacial score (nSPS) is 12.1. The highest BCUT2D eigenvalue weighted by Crippen LogP contribution is 2.11. The van der Waals surface area contributed by atoms with E-state index in [1.54, 1.807) is 10.9 Å². The summed E-state index contributed by atoms with van der Waals surface area (Å²) < 4.78 is 1.78. The van der Waals surface area contributed by atoms with E-state index >= 15 is 0 Å². The Bertz CT molecular complexity index is 465. The number of anilines is 1. The van der Waals surface area contributed by atoms with Crippen molar-refractivity contribution in [2.24, 2.45) is 0 Å². The van der Waals surface area contributed by atoms with E-state index < -0.39 is 0 Å². The van der Waals surface area contributed by atoms with Crippen LogP contribution in [0.1, 0.15) is 19.4 Å². The Kier molecular flexibility index (Phi) is 3.55. The SMILES string of the molecule is CC(CC(=O)Nc1ccccc1)n1cccn1. The molecule has 1 aromatic carbocycles. The van der Waals surface area contributed by atoms with Crippen molar-refractivity contribution >= 4 is 11.6 Å². The van der Waals surface area contributed by atoms with Crippen LogP contribution in [0.15, 0.2) is 48.8 Å². The van der Waals surface area contributed by atoms with Gasteiger partial charge in [-0.1, -0.05) is 18.2 Å². The molecule has 4 heteroatoms. The largest absolute Gasteiger partial charge is 0.326 e. The van der Waals surface area contributed by atoms with Crippen LogP contribution in [0.2, 0.25) is 0 Å². The van der Waals surface area contributed by atoms with Crippen LogP contribution in [-0.2, 0) is 4.79 Å². The zero-order chi connectivity index (χ0) is 12.1. The summed E-state index contributed by atoms with van der Waals surface area (Å²) in [6.45, 7) is 1.97. The molecule has 4 nitrogen and oxygen atoms in total. The summed E-state index contributed by atoms with van der Waals surface area (Å²) in [5.74, 6) is -0.000741. The molecule has 1 N–H and O–H groups in total. The third kappa shape index (κ3) is 3.17. The number of hydrogen-bond acceptors (Lipinski definition) is 2. The fraction of sp³-hybridized carbons (Fsp3) is 0.231. The number of benzene rings is 1. The van der Waals surface area contributed by atoms with Crippen LogP contribution >= 0.6 is 0 Å². The van der Waals surface area contributed by atoms with Gasteiger partial charge >= 0.3 is 0 Å². The zero-order valence-electron chi connectivity index (χ0n) is 9.71. The molecule has 2 rings (SSSR count). The Hall–Kier alpha value is -2.10. The van der Waals surface area contributed by atoms with Gasteiger partial charge in [-0.05, 0) is 25.1 Å². The number of nitrogens with zero attached hydrogens (tertiary/aromatic N) is 2. The van der Waals surface area contributed by atoms with Crippen molar-refractivity contribution in [3.05, 3.63) is 48.8 Å². The van der Waals surface area contributed by atoms with Gasteiger partial charge in [0.2, 0.25) is 5.91 Å². The first-order chi connectivity index (χ1) is 8.25. The molecular weight excluding hydrogens is 214 g/mol. The Morgan fingerprint density at radius 3 is 2.76 bits per heavy atom. The monoisotopic (exact) mass is 229 g/mol. The van der Waals surface area contributed by atoms with Crippen LogP contribution in [0.5, 0.6) is 0 Å². The lowest BCUT2D eigenvalue weighted by Crippen LogP contribution is -2.17. The second-order valence-corrected chi connectivity index (χ2v) is 3.95. The van der Waals surface area contributed by atoms with Crippen LogP contribution in [0.4, 0.5) is 5.69 Å². The van der Waals surface area contributed by atoms with E-state index in [1.807, 2.05) is 49.5 Å². The molecule has 88 valence electrons. The maximum Gasteiger partial charge on any atom is 0.226 e. The Balaban J connectivity index is 1.90. The summed E-state index contributed by atoms with van der Waals surface area (Å²) in [5, 5.41) is 6.97. The molecule has 1 atom stereocenters. The lowest BCUT2D eigenvalue weighted by molar-refractivity contribution is -0.116. The topological polar surface area (TPSA) is 46.9 Å². The van der Waals surface area contributed by atoms with Crippen molar-refractivity contribution in [1.29, 1.82) is 0 Å². The Labute approximate surface area is 100 Å². The number of nitrogens with one attached hydrogen (secondary N) is 1. The number of amides is 1. The minimum atomic E-state index is -0.000741. The molecule has 0 spiro atoms. The van der Waals surface area contributed by atoms with Gasteiger partial charge in [0.05, 0.1) is 6.04 Å². The molecule has 1 aromatic heterocycles. The minimum absolute atomic E-state index is 0.000741. The van der Waals surface area contributed by atoms with Gasteiger partial charge in [0, 0.05) is 24.5 Å². The minimum Gasteiger partial charge on any atom is -0.326 e. The van der Waals surface area contributed by atoms with Crippen molar-refractivity contribution in [3.8, 4) is 0 Å². The maximum absolute atomic E-state index is 11.8. The molecule has 0 aliphatic rings. The molecule has 0 saturated carbocycles. The fourth-order valence-corrected chi connectivity index (χ4v) is 1.64. The highest BCUT2D eigenvalue weighted by molar-refractivity contribution is 5.90. The standard InChI is InChI=1S/C13H15N3O/c1-11(16-9-5-8-14-16)10-13(17)15-12-6-3-2-4-7-12/h2-9,11H,10H2,1H3,(H,15,17). The van der Waals surface area contributed by atoms with Gasteiger partial charge in [-0.3, -0.25) is 9.48 Å². The van der Waals surface area contributed by atoms with Crippen LogP contribution in [0.25, 0.3) is 0 Å². The number of carbonyl (C=O) groups is 1. The second-order valence-electron chi connectivity index (χ2n) is 3.95. The molecule has 0 aliphatic heterocycles. The van der Waals surface area contributed by atoms with Crippen molar-refractivity contribution in [1.82, 2.24) is 9.78 Å². The highest BCUT2D eigenvalue weighted by atomic mass is 16.1. The molecule has 1 heterocycles. The maximum atomic E-state index is 11.8. The fourth-order valence-electron chi connectivity index (χ4n) is 1.64. The Morgan fingerprint density at radius 2 is 2.12 bits per heavy atom. The molecule has 0 saturated heterocycles. The number of carbonyl (C=O) groups excluding carboxylic acids is 1. The first kappa shape index (κ1) is 11.4. The molecular formula is C13H15N3O. The average molecular weight is 229 g/mol. The summed E-state index contributed by atoms with van der Waals surface area (Å²) in [7, 11) is 0. The van der Waals surface area contributed by atoms with Gasteiger partial charge in [0.1, 0.15) is 0 Å². The summed E-state index contributed by atoms with van der Waals surface area (Å²) in [6.07, 6.45) is 3.99. The van der Waals surface area contributed by atoms with E-state index in [0.29, 0.717) is 6.42 Å². The predicted molar refractivity (Wildman–Crippen MR) is 66.6 cm³/mol. The zero-order valence-corrected chi connectivity index (χ0v) is 9.71. The predicted octanol–water partition coefficient (Wildman–Crippen LogP) is 2.47. The van der Waals surface area contributed by atoms with Crippen molar-refractivity contribution < 1.29 is 4.79 Å². The van der Waals surface area contributed by atoms with Gasteiger partial charge < -0.3 is 5.32 Å². The number of rotatable bonds is 4. The third-order valence-electron chi connectivity index (χ3n) is 2.51. The average Bonchev–Trinajstić information content (AvgIpc) is 2.83. The van der Waals surface area contributed by atoms with E-state index in [4.69, 9.17) is 0 Å². The van der Waals surface area contributed by atoms with E-state index in [1.165, 1.54) is 0 Å². The van der Waals surface area contributed by atoms with E-state index in [-0.39, 0.29) is 11.9 Å². The summed E-state index contributed by atoms with van der Waals surface area (Å²) >= 11 is 0. The summed E-state index contributed by atoms with van der Waals surface area (Å²) in [6, 6.07) is 11.4. The van der Waals surface area contributed by atoms with Crippen molar-refractivity contribution in [2.45, 2.75) is 19.4 Å². The van der Waals surface area contributed by atoms with E-state index in [2.05, 4.69) is 10.4 Å². The molecule has 1 unspecified atom stereocenters. The first-order valence-electron chi connectivity index (χ1n) is 5.60. The van der Waals surface area contributed by atoms with E-state index in [9.17, 15) is 4.79 Å². The lowest BCUT2D eigenvalue weighted by atomic mass is 10.2. The molecule has 1 amide bonds. The number of aromatic nitrogens is 2. The molecule has 0 radical (unpaired) electrons. The van der Waals surface area contributed by atoms with Crippen LogP contribution in [-0.4, -0.2) is 15.7 Å². The van der Waals surface area contributed by atoms with Crippen LogP contribution in [0.3, 0.4) is 0 Å². The first-order valence-corrected chi connectivity index (χ1v) is 5.60. The van der Waals surface area contributed by atoms with Gasteiger partial charge in [0.25, 0.3) is 0 Å². The second kappa shape index (κ2) is 5.30. The molecule has 0 bridgehead atoms. The molecule has 0 aliphatic carbocycles. The van der Waals surface area contributed by atoms with Gasteiger partial charge in [-0.15, -0.1) is 0 Å². The van der Waals surface area contributed by atoms with Crippen LogP contribution < -0.4 is 5.32 Å². The van der Waals surface area contributed by atoms with Gasteiger partial charge in [0.15, 0.2) is 0 Å². The van der Waals surface area contributed by atoms with E-state index in [0.717, 1.165) is 5.69 Å².